The normalized spacial score (nSPS) is 10.6. The Kier molecular flexibility index (Phi) is 7.33. The zero-order valence-corrected chi connectivity index (χ0v) is 15.7. The summed E-state index contributed by atoms with van der Waals surface area (Å²) in [5.74, 6) is -2.10. The van der Waals surface area contributed by atoms with E-state index >= 15 is 0 Å². The highest BCUT2D eigenvalue weighted by molar-refractivity contribution is 6.09. The van der Waals surface area contributed by atoms with Crippen LogP contribution in [0.25, 0.3) is 0 Å². The molecule has 0 N–H and O–H groups in total. The maximum atomic E-state index is 14.1. The lowest BCUT2D eigenvalue weighted by Crippen LogP contribution is -2.13. The third-order valence-electron chi connectivity index (χ3n) is 3.78. The smallest absolute Gasteiger partial charge is 0.286 e. The molecule has 2 rings (SSSR count). The van der Waals surface area contributed by atoms with Gasteiger partial charge in [-0.05, 0) is 18.6 Å². The van der Waals surface area contributed by atoms with Gasteiger partial charge < -0.3 is 14.2 Å². The lowest BCUT2D eigenvalue weighted by molar-refractivity contribution is -0.386. The van der Waals surface area contributed by atoms with Crippen LogP contribution in [0.4, 0.5) is 10.1 Å². The van der Waals surface area contributed by atoms with Crippen LogP contribution in [0.1, 0.15) is 41.5 Å². The first kappa shape index (κ1) is 21.2. The van der Waals surface area contributed by atoms with Gasteiger partial charge in [-0.3, -0.25) is 14.9 Å². The van der Waals surface area contributed by atoms with E-state index in [1.165, 1.54) is 20.3 Å². The first-order chi connectivity index (χ1) is 13.4. The van der Waals surface area contributed by atoms with E-state index in [0.717, 1.165) is 25.0 Å². The highest BCUT2D eigenvalue weighted by atomic mass is 19.1. The van der Waals surface area contributed by atoms with Crippen molar-refractivity contribution in [1.29, 1.82) is 0 Å². The van der Waals surface area contributed by atoms with Crippen molar-refractivity contribution in [3.05, 3.63) is 51.1 Å². The molecule has 9 nitrogen and oxygen atoms in total. The van der Waals surface area contributed by atoms with Crippen molar-refractivity contribution >= 4 is 11.5 Å². The summed E-state index contributed by atoms with van der Waals surface area (Å²) in [6, 6.07) is 3.10. The molecule has 10 heteroatoms. The lowest BCUT2D eigenvalue weighted by Gasteiger charge is -2.10. The second-order valence-electron chi connectivity index (χ2n) is 5.73. The highest BCUT2D eigenvalue weighted by Gasteiger charge is 2.29. The lowest BCUT2D eigenvalue weighted by atomic mass is 10.0. The van der Waals surface area contributed by atoms with E-state index in [9.17, 15) is 19.3 Å². The number of hydrogen-bond donors (Lipinski definition) is 0. The number of ketones is 1. The molecular formula is C18H20FN3O6. The molecule has 1 heterocycles. The van der Waals surface area contributed by atoms with Crippen molar-refractivity contribution in [2.75, 3.05) is 20.8 Å². The molecule has 0 saturated carbocycles. The fourth-order valence-corrected chi connectivity index (χ4v) is 2.42. The molecule has 0 aliphatic heterocycles. The van der Waals surface area contributed by atoms with Crippen LogP contribution in [-0.2, 0) is 11.3 Å². The van der Waals surface area contributed by atoms with Crippen LogP contribution >= 0.6 is 0 Å². The Hall–Kier alpha value is -3.14. The molecule has 0 bridgehead atoms. The number of methoxy groups -OCH3 is 2. The molecule has 1 aromatic heterocycles. The van der Waals surface area contributed by atoms with Crippen LogP contribution in [-0.4, -0.2) is 41.5 Å². The van der Waals surface area contributed by atoms with Crippen LogP contribution in [0, 0.1) is 15.9 Å². The Labute approximate surface area is 160 Å². The number of nitro benzene ring substituents is 1. The number of nitro groups is 1. The highest BCUT2D eigenvalue weighted by Crippen LogP contribution is 2.29. The number of carbonyl (C=O) groups excluding carboxylic acids is 1. The molecule has 0 fully saturated rings. The SMILES string of the molecule is CCCCOCc1cc(F)cc(C(=O)c2nc(OC)cc(OC)n2)c1[N+](=O)[O-]. The van der Waals surface area contributed by atoms with E-state index in [-0.39, 0.29) is 23.9 Å². The second kappa shape index (κ2) is 9.70. The molecule has 0 unspecified atom stereocenters. The molecule has 0 saturated heterocycles. The molecule has 28 heavy (non-hydrogen) atoms. The maximum absolute atomic E-state index is 14.1. The first-order valence-corrected chi connectivity index (χ1v) is 8.47. The number of unbranched alkanes of at least 4 members (excludes halogenated alkanes) is 1. The van der Waals surface area contributed by atoms with Gasteiger partial charge in [-0.2, -0.15) is 9.97 Å². The monoisotopic (exact) mass is 393 g/mol. The summed E-state index contributed by atoms with van der Waals surface area (Å²) >= 11 is 0. The number of halogens is 1. The summed E-state index contributed by atoms with van der Waals surface area (Å²) in [6.45, 7) is 2.13. The van der Waals surface area contributed by atoms with Crippen molar-refractivity contribution < 1.29 is 28.3 Å². The van der Waals surface area contributed by atoms with Crippen molar-refractivity contribution in [3.8, 4) is 11.8 Å². The first-order valence-electron chi connectivity index (χ1n) is 8.47. The van der Waals surface area contributed by atoms with E-state index in [2.05, 4.69) is 9.97 Å². The summed E-state index contributed by atoms with van der Waals surface area (Å²) in [6.07, 6.45) is 1.64. The van der Waals surface area contributed by atoms with E-state index in [1.807, 2.05) is 6.92 Å². The van der Waals surface area contributed by atoms with Gasteiger partial charge in [0.15, 0.2) is 0 Å². The van der Waals surface area contributed by atoms with E-state index in [1.54, 1.807) is 0 Å². The van der Waals surface area contributed by atoms with Crippen molar-refractivity contribution in [2.45, 2.75) is 26.4 Å². The predicted molar refractivity (Wildman–Crippen MR) is 96.2 cm³/mol. The number of carbonyl (C=O) groups is 1. The summed E-state index contributed by atoms with van der Waals surface area (Å²) in [5.41, 5.74) is -1.07. The van der Waals surface area contributed by atoms with Gasteiger partial charge in [0, 0.05) is 6.61 Å². The molecule has 0 aliphatic carbocycles. The van der Waals surface area contributed by atoms with E-state index < -0.39 is 33.6 Å². The van der Waals surface area contributed by atoms with Crippen molar-refractivity contribution in [1.82, 2.24) is 9.97 Å². The third-order valence-corrected chi connectivity index (χ3v) is 3.78. The Morgan fingerprint density at radius 2 is 1.82 bits per heavy atom. The molecule has 0 spiro atoms. The fourth-order valence-electron chi connectivity index (χ4n) is 2.42. The topological polar surface area (TPSA) is 114 Å². The average molecular weight is 393 g/mol. The number of hydrogen-bond acceptors (Lipinski definition) is 8. The van der Waals surface area contributed by atoms with Crippen LogP contribution in [0.2, 0.25) is 0 Å². The van der Waals surface area contributed by atoms with Crippen LogP contribution < -0.4 is 9.47 Å². The van der Waals surface area contributed by atoms with Gasteiger partial charge in [0.2, 0.25) is 23.4 Å². The second-order valence-corrected chi connectivity index (χ2v) is 5.73. The Morgan fingerprint density at radius 1 is 1.18 bits per heavy atom. The molecule has 2 aromatic rings. The predicted octanol–water partition coefficient (Wildman–Crippen LogP) is 3.09. The molecule has 0 atom stereocenters. The summed E-state index contributed by atoms with van der Waals surface area (Å²) in [4.78, 5) is 31.5. The zero-order chi connectivity index (χ0) is 20.7. The van der Waals surface area contributed by atoms with Crippen molar-refractivity contribution in [2.24, 2.45) is 0 Å². The quantitative estimate of drug-likeness (QED) is 0.262. The summed E-state index contributed by atoms with van der Waals surface area (Å²) in [5, 5.41) is 11.6. The standard InChI is InChI=1S/C18H20FN3O6/c1-4-5-6-28-10-11-7-12(19)8-13(16(11)22(24)25)17(23)18-20-14(26-2)9-15(21-18)27-3/h7-9H,4-6,10H2,1-3H3. The van der Waals surface area contributed by atoms with Gasteiger partial charge in [-0.1, -0.05) is 13.3 Å². The molecule has 150 valence electrons. The summed E-state index contributed by atoms with van der Waals surface area (Å²) in [7, 11) is 2.65. The van der Waals surface area contributed by atoms with Gasteiger partial charge in [-0.25, -0.2) is 4.39 Å². The van der Waals surface area contributed by atoms with E-state index in [0.29, 0.717) is 6.61 Å². The number of rotatable bonds is 10. The van der Waals surface area contributed by atoms with Gasteiger partial charge in [0.1, 0.15) is 11.4 Å². The number of benzene rings is 1. The number of nitrogens with zero attached hydrogens (tertiary/aromatic N) is 3. The van der Waals surface area contributed by atoms with Crippen LogP contribution in [0.15, 0.2) is 18.2 Å². The minimum Gasteiger partial charge on any atom is -0.481 e. The van der Waals surface area contributed by atoms with Crippen LogP contribution in [0.5, 0.6) is 11.8 Å². The molecule has 0 amide bonds. The average Bonchev–Trinajstić information content (AvgIpc) is 2.69. The molecule has 0 radical (unpaired) electrons. The fraction of sp³-hybridized carbons (Fsp3) is 0.389. The van der Waals surface area contributed by atoms with Crippen LogP contribution in [0.3, 0.4) is 0 Å². The van der Waals surface area contributed by atoms with Gasteiger partial charge in [-0.15, -0.1) is 0 Å². The molecule has 1 aromatic carbocycles. The number of ether oxygens (including phenoxy) is 3. The Balaban J connectivity index is 2.50. The van der Waals surface area contributed by atoms with Gasteiger partial charge in [0.25, 0.3) is 5.69 Å². The zero-order valence-electron chi connectivity index (χ0n) is 15.7. The third kappa shape index (κ3) is 4.97. The Bertz CT molecular complexity index is 852. The molecular weight excluding hydrogens is 373 g/mol. The molecule has 0 aliphatic rings. The Morgan fingerprint density at radius 3 is 2.36 bits per heavy atom. The van der Waals surface area contributed by atoms with E-state index in [4.69, 9.17) is 14.2 Å². The minimum atomic E-state index is -0.932. The van der Waals surface area contributed by atoms with Gasteiger partial charge in [0.05, 0.1) is 37.4 Å². The summed E-state index contributed by atoms with van der Waals surface area (Å²) < 4.78 is 29.4. The largest absolute Gasteiger partial charge is 0.481 e. The van der Waals surface area contributed by atoms with Gasteiger partial charge >= 0.3 is 0 Å². The maximum Gasteiger partial charge on any atom is 0.286 e. The minimum absolute atomic E-state index is 0.0254. The number of aromatic nitrogens is 2. The van der Waals surface area contributed by atoms with Crippen molar-refractivity contribution in [3.63, 3.8) is 0 Å².